The molecule has 2 aliphatic heterocycles. The molecule has 9 heteroatoms. The first-order chi connectivity index (χ1) is 12.5. The van der Waals surface area contributed by atoms with Gasteiger partial charge >= 0.3 is 5.97 Å². The van der Waals surface area contributed by atoms with Gasteiger partial charge in [0.25, 0.3) is 0 Å². The van der Waals surface area contributed by atoms with Crippen molar-refractivity contribution in [3.63, 3.8) is 0 Å². The number of benzene rings is 1. The molecular formula is C17H20N2O6S. The molecule has 0 aliphatic carbocycles. The molecule has 0 aromatic heterocycles. The Bertz CT molecular complexity index is 725. The van der Waals surface area contributed by atoms with E-state index < -0.39 is 23.8 Å². The lowest BCUT2D eigenvalue weighted by Crippen LogP contribution is -2.44. The average molecular weight is 380 g/mol. The van der Waals surface area contributed by atoms with Crippen LogP contribution >= 0.6 is 11.8 Å². The van der Waals surface area contributed by atoms with Crippen molar-refractivity contribution in [3.8, 4) is 11.5 Å². The van der Waals surface area contributed by atoms with Crippen LogP contribution in [0.2, 0.25) is 0 Å². The summed E-state index contributed by atoms with van der Waals surface area (Å²) in [5.74, 6) is -0.424. The number of nitrogens with zero attached hydrogens (tertiary/aromatic N) is 1. The smallest absolute Gasteiger partial charge is 0.326 e. The molecule has 2 heterocycles. The Kier molecular flexibility index (Phi) is 5.55. The van der Waals surface area contributed by atoms with Crippen LogP contribution in [0.5, 0.6) is 11.5 Å². The molecule has 26 heavy (non-hydrogen) atoms. The van der Waals surface area contributed by atoms with Gasteiger partial charge in [0.1, 0.15) is 6.04 Å². The van der Waals surface area contributed by atoms with E-state index in [1.165, 1.54) is 16.7 Å². The minimum Gasteiger partial charge on any atom is -0.480 e. The van der Waals surface area contributed by atoms with Crippen molar-refractivity contribution in [3.05, 3.63) is 18.2 Å². The molecule has 8 nitrogen and oxygen atoms in total. The summed E-state index contributed by atoms with van der Waals surface area (Å²) in [6.07, 6.45) is 2.27. The quantitative estimate of drug-likeness (QED) is 0.729. The lowest BCUT2D eigenvalue weighted by Gasteiger charge is -2.19. The number of amides is 2. The molecule has 3 rings (SSSR count). The van der Waals surface area contributed by atoms with E-state index in [2.05, 4.69) is 5.32 Å². The number of rotatable bonds is 7. The molecule has 1 saturated heterocycles. The summed E-state index contributed by atoms with van der Waals surface area (Å²) < 4.78 is 10.6. The van der Waals surface area contributed by atoms with Gasteiger partial charge in [-0.05, 0) is 30.6 Å². The highest BCUT2D eigenvalue weighted by Crippen LogP contribution is 2.37. The summed E-state index contributed by atoms with van der Waals surface area (Å²) in [4.78, 5) is 37.6. The zero-order valence-corrected chi connectivity index (χ0v) is 15.1. The average Bonchev–Trinajstić information content (AvgIpc) is 3.23. The Morgan fingerprint density at radius 2 is 2.15 bits per heavy atom. The molecule has 2 atom stereocenters. The van der Waals surface area contributed by atoms with E-state index >= 15 is 0 Å². The number of carboxylic acids is 1. The SMILES string of the molecule is CSCCC(NC(=O)C1CC(=O)N(c2ccc3c(c2)OCO3)C1)C(=O)O. The number of thioether (sulfide) groups is 1. The topological polar surface area (TPSA) is 105 Å². The third-order valence-corrected chi connectivity index (χ3v) is 5.03. The number of nitrogens with one attached hydrogen (secondary N) is 1. The van der Waals surface area contributed by atoms with Crippen molar-refractivity contribution < 1.29 is 29.0 Å². The Balaban J connectivity index is 1.65. The normalized spacial score (nSPS) is 19.5. The van der Waals surface area contributed by atoms with Gasteiger partial charge in [0.15, 0.2) is 11.5 Å². The van der Waals surface area contributed by atoms with Gasteiger partial charge in [-0.25, -0.2) is 4.79 Å². The second kappa shape index (κ2) is 7.86. The van der Waals surface area contributed by atoms with E-state index in [1.54, 1.807) is 18.2 Å². The molecular weight excluding hydrogens is 360 g/mol. The number of hydrogen-bond acceptors (Lipinski definition) is 6. The zero-order valence-electron chi connectivity index (χ0n) is 14.3. The van der Waals surface area contributed by atoms with Gasteiger partial charge in [0, 0.05) is 24.7 Å². The van der Waals surface area contributed by atoms with E-state index in [1.807, 2.05) is 6.26 Å². The fraction of sp³-hybridized carbons (Fsp3) is 0.471. The van der Waals surface area contributed by atoms with Gasteiger partial charge in [-0.2, -0.15) is 11.8 Å². The van der Waals surface area contributed by atoms with Gasteiger partial charge in [0.05, 0.1) is 5.92 Å². The highest BCUT2D eigenvalue weighted by Gasteiger charge is 2.37. The van der Waals surface area contributed by atoms with Crippen LogP contribution in [0.15, 0.2) is 18.2 Å². The van der Waals surface area contributed by atoms with Crippen LogP contribution in [0.3, 0.4) is 0 Å². The molecule has 2 aliphatic rings. The van der Waals surface area contributed by atoms with E-state index in [0.717, 1.165) is 0 Å². The Morgan fingerprint density at radius 3 is 2.88 bits per heavy atom. The second-order valence-corrected chi connectivity index (χ2v) is 7.11. The number of anilines is 1. The molecule has 2 amide bonds. The van der Waals surface area contributed by atoms with Gasteiger partial charge in [-0.1, -0.05) is 0 Å². The van der Waals surface area contributed by atoms with E-state index in [0.29, 0.717) is 29.4 Å². The summed E-state index contributed by atoms with van der Waals surface area (Å²) in [5, 5.41) is 11.8. The first-order valence-electron chi connectivity index (χ1n) is 8.21. The van der Waals surface area contributed by atoms with Gasteiger partial charge in [0.2, 0.25) is 18.6 Å². The largest absolute Gasteiger partial charge is 0.480 e. The van der Waals surface area contributed by atoms with Crippen molar-refractivity contribution in [2.45, 2.75) is 18.9 Å². The highest BCUT2D eigenvalue weighted by atomic mass is 32.2. The van der Waals surface area contributed by atoms with Crippen molar-refractivity contribution in [1.29, 1.82) is 0 Å². The zero-order chi connectivity index (χ0) is 18.7. The maximum Gasteiger partial charge on any atom is 0.326 e. The molecule has 1 aromatic carbocycles. The van der Waals surface area contributed by atoms with Crippen LogP contribution in [-0.2, 0) is 14.4 Å². The van der Waals surface area contributed by atoms with Crippen molar-refractivity contribution in [2.75, 3.05) is 30.2 Å². The number of carbonyl (C=O) groups excluding carboxylic acids is 2. The van der Waals surface area contributed by atoms with Crippen molar-refractivity contribution >= 4 is 35.2 Å². The molecule has 1 fully saturated rings. The standard InChI is InChI=1S/C17H20N2O6S/c1-26-5-4-12(17(22)23)18-16(21)10-6-15(20)19(8-10)11-2-3-13-14(7-11)25-9-24-13/h2-3,7,10,12H,4-6,8-9H2,1H3,(H,18,21)(H,22,23). The second-order valence-electron chi connectivity index (χ2n) is 6.12. The Labute approximate surface area is 154 Å². The van der Waals surface area contributed by atoms with Crippen molar-refractivity contribution in [1.82, 2.24) is 5.32 Å². The summed E-state index contributed by atoms with van der Waals surface area (Å²) in [6.45, 7) is 0.351. The maximum atomic E-state index is 12.4. The third-order valence-electron chi connectivity index (χ3n) is 4.39. The summed E-state index contributed by atoms with van der Waals surface area (Å²) >= 11 is 1.52. The maximum absolute atomic E-state index is 12.4. The highest BCUT2D eigenvalue weighted by molar-refractivity contribution is 7.98. The van der Waals surface area contributed by atoms with Gasteiger partial charge in [-0.15, -0.1) is 0 Å². The Hall–Kier alpha value is -2.42. The first kappa shape index (κ1) is 18.4. The fourth-order valence-electron chi connectivity index (χ4n) is 2.97. The summed E-state index contributed by atoms with van der Waals surface area (Å²) in [7, 11) is 0. The monoisotopic (exact) mass is 380 g/mol. The molecule has 2 N–H and O–H groups in total. The fourth-order valence-corrected chi connectivity index (χ4v) is 3.44. The molecule has 0 spiro atoms. The van der Waals surface area contributed by atoms with Crippen LogP contribution in [0.4, 0.5) is 5.69 Å². The molecule has 0 bridgehead atoms. The van der Waals surface area contributed by atoms with Crippen LogP contribution in [0.1, 0.15) is 12.8 Å². The van der Waals surface area contributed by atoms with Gasteiger partial charge in [-0.3, -0.25) is 9.59 Å². The number of aliphatic carboxylic acids is 1. The molecule has 140 valence electrons. The van der Waals surface area contributed by atoms with E-state index in [-0.39, 0.29) is 25.7 Å². The summed E-state index contributed by atoms with van der Waals surface area (Å²) in [6, 6.07) is 4.23. The molecule has 2 unspecified atom stereocenters. The number of ether oxygens (including phenoxy) is 2. The predicted molar refractivity (Wildman–Crippen MR) is 95.6 cm³/mol. The number of fused-ring (bicyclic) bond motifs is 1. The van der Waals surface area contributed by atoms with Crippen LogP contribution < -0.4 is 19.7 Å². The lowest BCUT2D eigenvalue weighted by molar-refractivity contribution is -0.142. The van der Waals surface area contributed by atoms with E-state index in [4.69, 9.17) is 9.47 Å². The number of carboxylic acid groups (broad SMARTS) is 1. The predicted octanol–water partition coefficient (Wildman–Crippen LogP) is 1.09. The lowest BCUT2D eigenvalue weighted by atomic mass is 10.1. The van der Waals surface area contributed by atoms with Crippen LogP contribution in [0.25, 0.3) is 0 Å². The molecule has 1 aromatic rings. The minimum atomic E-state index is -1.07. The Morgan fingerprint density at radius 1 is 1.38 bits per heavy atom. The first-order valence-corrected chi connectivity index (χ1v) is 9.61. The van der Waals surface area contributed by atoms with Crippen LogP contribution in [0, 0.1) is 5.92 Å². The summed E-state index contributed by atoms with van der Waals surface area (Å²) in [5.41, 5.74) is 0.631. The third kappa shape index (κ3) is 3.87. The van der Waals surface area contributed by atoms with Crippen molar-refractivity contribution in [2.24, 2.45) is 5.92 Å². The van der Waals surface area contributed by atoms with E-state index in [9.17, 15) is 19.5 Å². The van der Waals surface area contributed by atoms with Gasteiger partial charge < -0.3 is 24.8 Å². The molecule has 0 saturated carbocycles. The number of hydrogen-bond donors (Lipinski definition) is 2. The minimum absolute atomic E-state index is 0.0507. The van der Waals surface area contributed by atoms with Crippen LogP contribution in [-0.4, -0.2) is 54.3 Å². The number of carbonyl (C=O) groups is 3. The molecule has 0 radical (unpaired) electrons.